The highest BCUT2D eigenvalue weighted by molar-refractivity contribution is 7.88. The van der Waals surface area contributed by atoms with E-state index in [9.17, 15) is 13.2 Å². The molecular weight excluding hydrogens is 292 g/mol. The van der Waals surface area contributed by atoms with Crippen LogP contribution in [0.1, 0.15) is 24.2 Å². The first-order chi connectivity index (χ1) is 9.66. The molecule has 1 aromatic heterocycles. The molecule has 0 spiro atoms. The van der Waals surface area contributed by atoms with Crippen molar-refractivity contribution in [3.8, 4) is 0 Å². The number of H-pyrrole nitrogens is 1. The number of benzene rings is 1. The quantitative estimate of drug-likeness (QED) is 0.753. The zero-order valence-corrected chi connectivity index (χ0v) is 12.9. The van der Waals surface area contributed by atoms with Gasteiger partial charge in [0.1, 0.15) is 0 Å². The number of nitrogens with zero attached hydrogens (tertiary/aromatic N) is 1. The van der Waals surface area contributed by atoms with Crippen LogP contribution in [0.2, 0.25) is 0 Å². The zero-order chi connectivity index (χ0) is 15.7. The number of hydrogen-bond donors (Lipinski definition) is 3. The van der Waals surface area contributed by atoms with Crippen LogP contribution in [0.3, 0.4) is 0 Å². The third-order valence-electron chi connectivity index (χ3n) is 2.84. The number of aromatic amines is 1. The van der Waals surface area contributed by atoms with Crippen molar-refractivity contribution in [2.24, 2.45) is 0 Å². The molecule has 1 amide bonds. The van der Waals surface area contributed by atoms with Crippen LogP contribution in [-0.2, 0) is 10.0 Å². The fourth-order valence-corrected chi connectivity index (χ4v) is 3.09. The van der Waals surface area contributed by atoms with Crippen LogP contribution < -0.4 is 10.0 Å². The molecule has 7 nitrogen and oxygen atoms in total. The summed E-state index contributed by atoms with van der Waals surface area (Å²) in [5, 5.41) is 2.72. The van der Waals surface area contributed by atoms with Crippen LogP contribution in [0.15, 0.2) is 24.5 Å². The number of imidazole rings is 1. The van der Waals surface area contributed by atoms with E-state index < -0.39 is 15.6 Å². The van der Waals surface area contributed by atoms with E-state index in [-0.39, 0.29) is 12.5 Å². The molecular formula is C13H18N4O3S. The van der Waals surface area contributed by atoms with Crippen molar-refractivity contribution in [3.05, 3.63) is 30.1 Å². The smallest absolute Gasteiger partial charge is 0.251 e. The lowest BCUT2D eigenvalue weighted by Crippen LogP contribution is -2.51. The van der Waals surface area contributed by atoms with E-state index >= 15 is 0 Å². The van der Waals surface area contributed by atoms with E-state index in [1.54, 1.807) is 38.4 Å². The predicted octanol–water partition coefficient (Wildman–Crippen LogP) is 0.621. The van der Waals surface area contributed by atoms with Crippen molar-refractivity contribution >= 4 is 27.0 Å². The van der Waals surface area contributed by atoms with Crippen molar-refractivity contribution < 1.29 is 13.2 Å². The maximum atomic E-state index is 12.1. The van der Waals surface area contributed by atoms with E-state index in [1.807, 2.05) is 0 Å². The lowest BCUT2D eigenvalue weighted by molar-refractivity contribution is 0.0944. The van der Waals surface area contributed by atoms with Crippen molar-refractivity contribution in [2.75, 3.05) is 12.8 Å². The third-order valence-corrected chi connectivity index (χ3v) is 3.76. The summed E-state index contributed by atoms with van der Waals surface area (Å²) >= 11 is 0. The molecule has 2 aromatic rings. The maximum absolute atomic E-state index is 12.1. The highest BCUT2D eigenvalue weighted by Gasteiger charge is 2.23. The Morgan fingerprint density at radius 1 is 1.38 bits per heavy atom. The van der Waals surface area contributed by atoms with Gasteiger partial charge in [0.25, 0.3) is 5.91 Å². The summed E-state index contributed by atoms with van der Waals surface area (Å²) in [6.07, 6.45) is 2.65. The summed E-state index contributed by atoms with van der Waals surface area (Å²) < 4.78 is 25.0. The Balaban J connectivity index is 2.04. The highest BCUT2D eigenvalue weighted by atomic mass is 32.2. The summed E-state index contributed by atoms with van der Waals surface area (Å²) in [4.78, 5) is 19.1. The van der Waals surface area contributed by atoms with Gasteiger partial charge in [-0.1, -0.05) is 0 Å². The first kappa shape index (κ1) is 15.5. The van der Waals surface area contributed by atoms with Crippen LogP contribution in [0.25, 0.3) is 11.0 Å². The van der Waals surface area contributed by atoms with Gasteiger partial charge < -0.3 is 10.3 Å². The topological polar surface area (TPSA) is 104 Å². The molecule has 0 saturated heterocycles. The van der Waals surface area contributed by atoms with Crippen molar-refractivity contribution in [3.63, 3.8) is 0 Å². The minimum atomic E-state index is -3.33. The minimum Gasteiger partial charge on any atom is -0.350 e. The van der Waals surface area contributed by atoms with Gasteiger partial charge in [0.15, 0.2) is 0 Å². The summed E-state index contributed by atoms with van der Waals surface area (Å²) in [5.74, 6) is -0.269. The molecule has 8 heteroatoms. The van der Waals surface area contributed by atoms with Crippen LogP contribution in [0, 0.1) is 0 Å². The SMILES string of the molecule is CC(C)(CNC(=O)c1ccc2nc[nH]c2c1)NS(C)(=O)=O. The average Bonchev–Trinajstić information content (AvgIpc) is 2.80. The molecule has 0 aliphatic rings. The number of carbonyl (C=O) groups excluding carboxylic acids is 1. The molecule has 0 aliphatic heterocycles. The molecule has 0 saturated carbocycles. The Labute approximate surface area is 123 Å². The Morgan fingerprint density at radius 2 is 2.10 bits per heavy atom. The predicted molar refractivity (Wildman–Crippen MR) is 80.5 cm³/mol. The third kappa shape index (κ3) is 4.27. The largest absolute Gasteiger partial charge is 0.350 e. The van der Waals surface area contributed by atoms with Crippen molar-refractivity contribution in [2.45, 2.75) is 19.4 Å². The van der Waals surface area contributed by atoms with Gasteiger partial charge in [-0.15, -0.1) is 0 Å². The molecule has 0 radical (unpaired) electrons. The van der Waals surface area contributed by atoms with Crippen molar-refractivity contribution in [1.82, 2.24) is 20.0 Å². The number of sulfonamides is 1. The standard InChI is InChI=1S/C13H18N4O3S/c1-13(2,17-21(3,19)20)7-14-12(18)9-4-5-10-11(6-9)16-8-15-10/h4-6,8,17H,7H2,1-3H3,(H,14,18)(H,15,16). The second-order valence-corrected chi connectivity index (χ2v) is 7.32. The molecule has 1 heterocycles. The number of hydrogen-bond acceptors (Lipinski definition) is 4. The summed E-state index contributed by atoms with van der Waals surface area (Å²) in [7, 11) is -3.33. The zero-order valence-electron chi connectivity index (χ0n) is 12.1. The van der Waals surface area contributed by atoms with Crippen LogP contribution in [0.4, 0.5) is 0 Å². The second kappa shape index (κ2) is 5.45. The maximum Gasteiger partial charge on any atom is 0.251 e. The van der Waals surface area contributed by atoms with E-state index in [0.717, 1.165) is 17.3 Å². The van der Waals surface area contributed by atoms with E-state index in [0.29, 0.717) is 5.56 Å². The van der Waals surface area contributed by atoms with Gasteiger partial charge in [-0.05, 0) is 32.0 Å². The molecule has 1 aromatic carbocycles. The molecule has 3 N–H and O–H groups in total. The van der Waals surface area contributed by atoms with Gasteiger partial charge in [-0.25, -0.2) is 18.1 Å². The Morgan fingerprint density at radius 3 is 2.76 bits per heavy atom. The van der Waals surface area contributed by atoms with E-state index in [1.165, 1.54) is 0 Å². The number of carbonyl (C=O) groups is 1. The lowest BCUT2D eigenvalue weighted by atomic mass is 10.1. The number of aromatic nitrogens is 2. The number of nitrogens with one attached hydrogen (secondary N) is 3. The first-order valence-corrected chi connectivity index (χ1v) is 8.26. The Kier molecular flexibility index (Phi) is 4.02. The average molecular weight is 310 g/mol. The number of fused-ring (bicyclic) bond motifs is 1. The number of amides is 1. The second-order valence-electron chi connectivity index (χ2n) is 5.58. The molecule has 2 rings (SSSR count). The van der Waals surface area contributed by atoms with Gasteiger partial charge in [0.05, 0.1) is 23.6 Å². The lowest BCUT2D eigenvalue weighted by Gasteiger charge is -2.25. The molecule has 114 valence electrons. The fraction of sp³-hybridized carbons (Fsp3) is 0.385. The van der Waals surface area contributed by atoms with Gasteiger partial charge in [0.2, 0.25) is 10.0 Å². The van der Waals surface area contributed by atoms with Crippen LogP contribution in [0.5, 0.6) is 0 Å². The Bertz CT molecular complexity index is 765. The number of rotatable bonds is 5. The van der Waals surface area contributed by atoms with Gasteiger partial charge >= 0.3 is 0 Å². The van der Waals surface area contributed by atoms with Gasteiger partial charge in [0, 0.05) is 17.6 Å². The fourth-order valence-electron chi connectivity index (χ4n) is 2.02. The van der Waals surface area contributed by atoms with Gasteiger partial charge in [-0.3, -0.25) is 4.79 Å². The monoisotopic (exact) mass is 310 g/mol. The van der Waals surface area contributed by atoms with E-state index in [2.05, 4.69) is 20.0 Å². The highest BCUT2D eigenvalue weighted by Crippen LogP contribution is 2.12. The summed E-state index contributed by atoms with van der Waals surface area (Å²) in [6.45, 7) is 3.58. The van der Waals surface area contributed by atoms with Crippen LogP contribution >= 0.6 is 0 Å². The van der Waals surface area contributed by atoms with Gasteiger partial charge in [-0.2, -0.15) is 0 Å². The molecule has 0 bridgehead atoms. The molecule has 0 atom stereocenters. The molecule has 21 heavy (non-hydrogen) atoms. The van der Waals surface area contributed by atoms with Crippen LogP contribution in [-0.4, -0.2) is 42.6 Å². The minimum absolute atomic E-state index is 0.180. The Hall–Kier alpha value is -1.93. The summed E-state index contributed by atoms with van der Waals surface area (Å²) in [6, 6.07) is 5.13. The van der Waals surface area contributed by atoms with Crippen molar-refractivity contribution in [1.29, 1.82) is 0 Å². The first-order valence-electron chi connectivity index (χ1n) is 6.37. The molecule has 0 unspecified atom stereocenters. The normalized spacial score (nSPS) is 12.5. The molecule has 0 aliphatic carbocycles. The summed E-state index contributed by atoms with van der Waals surface area (Å²) in [5.41, 5.74) is 1.28. The molecule has 0 fully saturated rings. The van der Waals surface area contributed by atoms with E-state index in [4.69, 9.17) is 0 Å².